The molecule has 4 atom stereocenters. The summed E-state index contributed by atoms with van der Waals surface area (Å²) in [4.78, 5) is 25.1. The van der Waals surface area contributed by atoms with E-state index >= 15 is 0 Å². The zero-order valence-electron chi connectivity index (χ0n) is 9.85. The van der Waals surface area contributed by atoms with Crippen LogP contribution in [0.4, 0.5) is 0 Å². The monoisotopic (exact) mass is 244 g/mol. The molecule has 3 aliphatic rings. The fourth-order valence-electron chi connectivity index (χ4n) is 3.80. The number of carbonyl (C=O) groups is 2. The molecule has 0 unspecified atom stereocenters. The van der Waals surface area contributed by atoms with Gasteiger partial charge >= 0.3 is 0 Å². The molecule has 2 heterocycles. The zero-order valence-corrected chi connectivity index (χ0v) is 9.85. The molecule has 0 N–H and O–H groups in total. The molecular weight excluding hydrogens is 232 g/mol. The van der Waals surface area contributed by atoms with Gasteiger partial charge < -0.3 is 0 Å². The van der Waals surface area contributed by atoms with Crippen molar-refractivity contribution in [1.29, 1.82) is 0 Å². The second-order valence-electron chi connectivity index (χ2n) is 5.45. The lowest BCUT2D eigenvalue weighted by atomic mass is 9.71. The summed E-state index contributed by atoms with van der Waals surface area (Å²) < 4.78 is 1.38. The van der Waals surface area contributed by atoms with E-state index in [9.17, 15) is 9.59 Å². The first-order chi connectivity index (χ1) is 8.64. The van der Waals surface area contributed by atoms with Gasteiger partial charge in [-0.05, 0) is 25.2 Å². The van der Waals surface area contributed by atoms with Gasteiger partial charge in [-0.2, -0.15) is 5.01 Å². The van der Waals surface area contributed by atoms with Gasteiger partial charge in [0.25, 0.3) is 11.8 Å². The van der Waals surface area contributed by atoms with Crippen LogP contribution in [0.5, 0.6) is 0 Å². The topological polar surface area (TPSA) is 68.1 Å². The Labute approximate surface area is 103 Å². The molecule has 18 heavy (non-hydrogen) atoms. The van der Waals surface area contributed by atoms with E-state index in [-0.39, 0.29) is 29.6 Å². The summed E-state index contributed by atoms with van der Waals surface area (Å²) in [5.74, 6) is -0.0842. The van der Waals surface area contributed by atoms with Crippen LogP contribution in [-0.2, 0) is 9.59 Å². The number of carbonyl (C=O) groups excluding carboxylic acids is 2. The van der Waals surface area contributed by atoms with Gasteiger partial charge in [-0.1, -0.05) is 12.2 Å². The Balaban J connectivity index is 1.85. The highest BCUT2D eigenvalue weighted by Crippen LogP contribution is 2.59. The molecular formula is C12H12N4O2. The molecule has 2 bridgehead atoms. The molecule has 92 valence electrons. The third-order valence-corrected chi connectivity index (χ3v) is 4.73. The second kappa shape index (κ2) is 2.88. The SMILES string of the molecule is C[C@]12C(=O)N(n3cnnc3)C(=O)[C@H]1[C@@H]1C=C[C@@H]2C1. The maximum Gasteiger partial charge on any atom is 0.256 e. The van der Waals surface area contributed by atoms with Crippen LogP contribution < -0.4 is 5.01 Å². The molecule has 1 aromatic rings. The van der Waals surface area contributed by atoms with Gasteiger partial charge in [0.2, 0.25) is 0 Å². The molecule has 2 aliphatic carbocycles. The first-order valence-electron chi connectivity index (χ1n) is 6.05. The van der Waals surface area contributed by atoms with Crippen molar-refractivity contribution < 1.29 is 9.59 Å². The van der Waals surface area contributed by atoms with Crippen LogP contribution in [0.25, 0.3) is 0 Å². The van der Waals surface area contributed by atoms with Gasteiger partial charge in [-0.25, -0.2) is 4.68 Å². The number of rotatable bonds is 1. The quantitative estimate of drug-likeness (QED) is 0.519. The van der Waals surface area contributed by atoms with E-state index in [0.29, 0.717) is 0 Å². The molecule has 1 aliphatic heterocycles. The number of imide groups is 1. The smallest absolute Gasteiger partial charge is 0.256 e. The van der Waals surface area contributed by atoms with Crippen molar-refractivity contribution in [2.75, 3.05) is 5.01 Å². The van der Waals surface area contributed by atoms with Crippen molar-refractivity contribution in [2.24, 2.45) is 23.2 Å². The van der Waals surface area contributed by atoms with Crippen molar-refractivity contribution in [3.63, 3.8) is 0 Å². The molecule has 6 nitrogen and oxygen atoms in total. The Morgan fingerprint density at radius 1 is 1.28 bits per heavy atom. The Morgan fingerprint density at radius 3 is 2.67 bits per heavy atom. The minimum Gasteiger partial charge on any atom is -0.272 e. The third-order valence-electron chi connectivity index (χ3n) is 4.73. The number of fused-ring (bicyclic) bond motifs is 5. The highest BCUT2D eigenvalue weighted by Gasteiger charge is 2.67. The van der Waals surface area contributed by atoms with Crippen LogP contribution in [0.3, 0.4) is 0 Å². The normalized spacial score (nSPS) is 40.9. The van der Waals surface area contributed by atoms with Gasteiger partial charge in [0.1, 0.15) is 12.7 Å². The Hall–Kier alpha value is -1.98. The highest BCUT2D eigenvalue weighted by molar-refractivity contribution is 6.19. The zero-order chi connectivity index (χ0) is 12.5. The van der Waals surface area contributed by atoms with Crippen LogP contribution in [0.1, 0.15) is 13.3 Å². The number of hydrogen-bond acceptors (Lipinski definition) is 4. The lowest BCUT2D eigenvalue weighted by Gasteiger charge is -2.27. The maximum atomic E-state index is 12.6. The van der Waals surface area contributed by atoms with Gasteiger partial charge in [-0.3, -0.25) is 9.59 Å². The molecule has 4 rings (SSSR count). The van der Waals surface area contributed by atoms with E-state index in [1.165, 1.54) is 22.3 Å². The van der Waals surface area contributed by atoms with E-state index < -0.39 is 5.41 Å². The summed E-state index contributed by atoms with van der Waals surface area (Å²) in [7, 11) is 0. The minimum absolute atomic E-state index is 0.126. The first kappa shape index (κ1) is 9.99. The van der Waals surface area contributed by atoms with Gasteiger partial charge in [0.05, 0.1) is 11.3 Å². The van der Waals surface area contributed by atoms with Gasteiger partial charge in [0.15, 0.2) is 0 Å². The van der Waals surface area contributed by atoms with E-state index in [1.807, 2.05) is 6.92 Å². The Morgan fingerprint density at radius 2 is 2.00 bits per heavy atom. The van der Waals surface area contributed by atoms with E-state index in [0.717, 1.165) is 6.42 Å². The number of amides is 2. The van der Waals surface area contributed by atoms with Gasteiger partial charge in [0, 0.05) is 0 Å². The van der Waals surface area contributed by atoms with Crippen LogP contribution >= 0.6 is 0 Å². The van der Waals surface area contributed by atoms with Gasteiger partial charge in [-0.15, -0.1) is 10.2 Å². The van der Waals surface area contributed by atoms with Crippen LogP contribution in [0, 0.1) is 23.2 Å². The summed E-state index contributed by atoms with van der Waals surface area (Å²) >= 11 is 0. The van der Waals surface area contributed by atoms with Crippen molar-refractivity contribution in [1.82, 2.24) is 14.9 Å². The Bertz CT molecular complexity index is 579. The van der Waals surface area contributed by atoms with Crippen molar-refractivity contribution in [3.05, 3.63) is 24.8 Å². The maximum absolute atomic E-state index is 12.6. The standard InChI is InChI=1S/C12H12N4O2/c1-12-8-3-2-7(4-8)9(12)10(17)16(11(12)18)15-5-13-14-6-15/h2-3,5-9H,4H2,1H3/t7-,8-,9-,12-/m1/s1. The fourth-order valence-corrected chi connectivity index (χ4v) is 3.80. The van der Waals surface area contributed by atoms with Crippen LogP contribution in [0.15, 0.2) is 24.8 Å². The fraction of sp³-hybridized carbons (Fsp3) is 0.500. The predicted molar refractivity (Wildman–Crippen MR) is 60.6 cm³/mol. The number of nitrogens with zero attached hydrogens (tertiary/aromatic N) is 4. The van der Waals surface area contributed by atoms with Crippen molar-refractivity contribution >= 4 is 11.8 Å². The molecule has 1 saturated carbocycles. The number of allylic oxidation sites excluding steroid dienone is 2. The first-order valence-corrected chi connectivity index (χ1v) is 6.05. The molecule has 2 amide bonds. The number of hydrogen-bond donors (Lipinski definition) is 0. The molecule has 0 spiro atoms. The minimum atomic E-state index is -0.583. The lowest BCUT2D eigenvalue weighted by Crippen LogP contribution is -2.43. The Kier molecular flexibility index (Phi) is 1.60. The van der Waals surface area contributed by atoms with E-state index in [2.05, 4.69) is 22.3 Å². The molecule has 6 heteroatoms. The van der Waals surface area contributed by atoms with E-state index in [4.69, 9.17) is 0 Å². The number of aromatic nitrogens is 3. The molecule has 0 aromatic carbocycles. The second-order valence-corrected chi connectivity index (χ2v) is 5.45. The summed E-state index contributed by atoms with van der Waals surface area (Å²) in [6.07, 6.45) is 7.86. The predicted octanol–water partition coefficient (Wildman–Crippen LogP) is 0.111. The summed E-state index contributed by atoms with van der Waals surface area (Å²) in [6, 6.07) is 0. The summed E-state index contributed by atoms with van der Waals surface area (Å²) in [6.45, 7) is 1.91. The summed E-state index contributed by atoms with van der Waals surface area (Å²) in [5.41, 5.74) is -0.583. The average Bonchev–Trinajstić information content (AvgIpc) is 3.04. The average molecular weight is 244 g/mol. The van der Waals surface area contributed by atoms with Crippen LogP contribution in [0.2, 0.25) is 0 Å². The summed E-state index contributed by atoms with van der Waals surface area (Å²) in [5, 5.41) is 8.51. The molecule has 1 saturated heterocycles. The van der Waals surface area contributed by atoms with E-state index in [1.54, 1.807) is 0 Å². The van der Waals surface area contributed by atoms with Crippen molar-refractivity contribution in [3.8, 4) is 0 Å². The molecule has 1 aromatic heterocycles. The lowest BCUT2D eigenvalue weighted by molar-refractivity contribution is -0.128. The van der Waals surface area contributed by atoms with Crippen LogP contribution in [-0.4, -0.2) is 26.7 Å². The van der Waals surface area contributed by atoms with Crippen molar-refractivity contribution in [2.45, 2.75) is 13.3 Å². The molecule has 0 radical (unpaired) electrons. The molecule has 2 fully saturated rings. The highest BCUT2D eigenvalue weighted by atomic mass is 16.2. The largest absolute Gasteiger partial charge is 0.272 e. The third kappa shape index (κ3) is 0.878.